The Balaban J connectivity index is 1.39. The first-order valence-electron chi connectivity index (χ1n) is 11.0. The van der Waals surface area contributed by atoms with Gasteiger partial charge in [0, 0.05) is 42.5 Å². The number of hydrogen-bond acceptors (Lipinski definition) is 6. The number of sulfonamides is 1. The second-order valence-electron chi connectivity index (χ2n) is 8.65. The predicted octanol–water partition coefficient (Wildman–Crippen LogP) is 3.01. The molecular formula is C22H27ClN4O4S2. The number of nitrogens with two attached hydrogens (primary N) is 1. The maximum atomic E-state index is 13.0. The van der Waals surface area contributed by atoms with Gasteiger partial charge in [0.05, 0.1) is 15.8 Å². The highest BCUT2D eigenvalue weighted by Crippen LogP contribution is 2.33. The summed E-state index contributed by atoms with van der Waals surface area (Å²) in [4.78, 5) is 30.8. The SMILES string of the molecule is Cc1ccc(S(=O)(=O)N2CCC(c3nc(C(=O)N4CCCC(C(N)=O)C4)cs3)CC2)cc1Cl. The third-order valence-electron chi connectivity index (χ3n) is 6.44. The van der Waals surface area contributed by atoms with Crippen molar-refractivity contribution >= 4 is 44.8 Å². The summed E-state index contributed by atoms with van der Waals surface area (Å²) < 4.78 is 27.5. The van der Waals surface area contributed by atoms with Crippen LogP contribution in [0.4, 0.5) is 0 Å². The fourth-order valence-electron chi connectivity index (χ4n) is 4.36. The van der Waals surface area contributed by atoms with Gasteiger partial charge < -0.3 is 10.6 Å². The van der Waals surface area contributed by atoms with E-state index in [-0.39, 0.29) is 28.5 Å². The molecule has 2 amide bonds. The van der Waals surface area contributed by atoms with Gasteiger partial charge in [-0.2, -0.15) is 4.31 Å². The van der Waals surface area contributed by atoms with Crippen LogP contribution in [0.5, 0.6) is 0 Å². The molecular weight excluding hydrogens is 484 g/mol. The Morgan fingerprint density at radius 2 is 1.91 bits per heavy atom. The Morgan fingerprint density at radius 1 is 1.18 bits per heavy atom. The molecule has 0 bridgehead atoms. The van der Waals surface area contributed by atoms with Crippen LogP contribution < -0.4 is 5.73 Å². The van der Waals surface area contributed by atoms with Gasteiger partial charge in [-0.1, -0.05) is 17.7 Å². The predicted molar refractivity (Wildman–Crippen MR) is 127 cm³/mol. The lowest BCUT2D eigenvalue weighted by molar-refractivity contribution is -0.123. The van der Waals surface area contributed by atoms with Crippen molar-refractivity contribution in [3.8, 4) is 0 Å². The topological polar surface area (TPSA) is 114 Å². The molecule has 2 aliphatic rings. The smallest absolute Gasteiger partial charge is 0.273 e. The average Bonchev–Trinajstić information content (AvgIpc) is 3.30. The minimum Gasteiger partial charge on any atom is -0.369 e. The van der Waals surface area contributed by atoms with E-state index in [1.54, 1.807) is 22.4 Å². The number of amides is 2. The highest BCUT2D eigenvalue weighted by atomic mass is 35.5. The van der Waals surface area contributed by atoms with Crippen molar-refractivity contribution in [2.45, 2.75) is 43.4 Å². The number of aryl methyl sites for hydroxylation is 1. The zero-order chi connectivity index (χ0) is 23.8. The standard InChI is InChI=1S/C22H27ClN4O4S2/c1-14-4-5-17(11-18(14)23)33(30,31)27-9-6-15(7-10-27)21-25-19(13-32-21)22(29)26-8-2-3-16(12-26)20(24)28/h4-5,11,13,15-16H,2-3,6-10,12H2,1H3,(H2,24,28). The van der Waals surface area contributed by atoms with Gasteiger partial charge in [0.1, 0.15) is 5.69 Å². The Bertz CT molecular complexity index is 1160. The van der Waals surface area contributed by atoms with E-state index in [0.29, 0.717) is 56.2 Å². The number of benzene rings is 1. The van der Waals surface area contributed by atoms with Crippen LogP contribution in [0, 0.1) is 12.8 Å². The van der Waals surface area contributed by atoms with Gasteiger partial charge >= 0.3 is 0 Å². The molecule has 3 heterocycles. The van der Waals surface area contributed by atoms with Crippen LogP contribution in [-0.2, 0) is 14.8 Å². The molecule has 1 unspecified atom stereocenters. The monoisotopic (exact) mass is 510 g/mol. The van der Waals surface area contributed by atoms with Crippen LogP contribution in [-0.4, -0.2) is 60.6 Å². The van der Waals surface area contributed by atoms with Crippen LogP contribution in [0.2, 0.25) is 5.02 Å². The number of likely N-dealkylation sites (tertiary alicyclic amines) is 1. The van der Waals surface area contributed by atoms with Crippen molar-refractivity contribution in [2.24, 2.45) is 11.7 Å². The summed E-state index contributed by atoms with van der Waals surface area (Å²) >= 11 is 7.55. The Kier molecular flexibility index (Phi) is 7.09. The maximum absolute atomic E-state index is 13.0. The van der Waals surface area contributed by atoms with E-state index in [9.17, 15) is 18.0 Å². The number of aromatic nitrogens is 1. The number of rotatable bonds is 5. The highest BCUT2D eigenvalue weighted by molar-refractivity contribution is 7.89. The number of thiazole rings is 1. The van der Waals surface area contributed by atoms with Gasteiger partial charge in [0.25, 0.3) is 5.91 Å². The molecule has 0 saturated carbocycles. The lowest BCUT2D eigenvalue weighted by Gasteiger charge is -2.31. The second-order valence-corrected chi connectivity index (χ2v) is 11.9. The summed E-state index contributed by atoms with van der Waals surface area (Å²) in [5.74, 6) is -0.763. The number of carbonyl (C=O) groups is 2. The fourth-order valence-corrected chi connectivity index (χ4v) is 7.06. The van der Waals surface area contributed by atoms with Crippen molar-refractivity contribution in [1.82, 2.24) is 14.2 Å². The molecule has 1 atom stereocenters. The Hall–Kier alpha value is -2.01. The molecule has 2 aliphatic heterocycles. The minimum atomic E-state index is -3.61. The summed E-state index contributed by atoms with van der Waals surface area (Å²) in [5, 5.41) is 3.03. The summed E-state index contributed by atoms with van der Waals surface area (Å²) in [6.45, 7) is 3.52. The molecule has 2 fully saturated rings. The molecule has 178 valence electrons. The van der Waals surface area contributed by atoms with Crippen LogP contribution in [0.1, 0.15) is 52.7 Å². The van der Waals surface area contributed by atoms with E-state index in [2.05, 4.69) is 4.98 Å². The molecule has 4 rings (SSSR count). The molecule has 0 aliphatic carbocycles. The van der Waals surface area contributed by atoms with Gasteiger partial charge in [-0.15, -0.1) is 11.3 Å². The van der Waals surface area contributed by atoms with Gasteiger partial charge in [0.15, 0.2) is 0 Å². The van der Waals surface area contributed by atoms with E-state index in [4.69, 9.17) is 17.3 Å². The normalized spacial score (nSPS) is 20.7. The number of hydrogen-bond donors (Lipinski definition) is 1. The molecule has 1 aromatic heterocycles. The minimum absolute atomic E-state index is 0.101. The zero-order valence-electron chi connectivity index (χ0n) is 18.4. The van der Waals surface area contributed by atoms with E-state index < -0.39 is 10.0 Å². The van der Waals surface area contributed by atoms with Gasteiger partial charge in [-0.25, -0.2) is 13.4 Å². The summed E-state index contributed by atoms with van der Waals surface area (Å²) in [6.07, 6.45) is 2.72. The van der Waals surface area contributed by atoms with Gasteiger partial charge in [0.2, 0.25) is 15.9 Å². The van der Waals surface area contributed by atoms with Gasteiger partial charge in [-0.05, 0) is 50.3 Å². The average molecular weight is 511 g/mol. The lowest BCUT2D eigenvalue weighted by atomic mass is 9.97. The van der Waals surface area contributed by atoms with E-state index in [0.717, 1.165) is 17.0 Å². The largest absolute Gasteiger partial charge is 0.369 e. The number of carbonyl (C=O) groups excluding carboxylic acids is 2. The molecule has 1 aromatic carbocycles. The Labute approximate surface area is 202 Å². The van der Waals surface area contributed by atoms with Crippen LogP contribution >= 0.6 is 22.9 Å². The first kappa shape index (κ1) is 24.1. The molecule has 0 spiro atoms. The van der Waals surface area contributed by atoms with Crippen molar-refractivity contribution < 1.29 is 18.0 Å². The van der Waals surface area contributed by atoms with Crippen molar-refractivity contribution in [3.05, 3.63) is 44.9 Å². The first-order chi connectivity index (χ1) is 15.7. The van der Waals surface area contributed by atoms with Gasteiger partial charge in [-0.3, -0.25) is 9.59 Å². The van der Waals surface area contributed by atoms with Crippen molar-refractivity contribution in [3.63, 3.8) is 0 Å². The molecule has 2 aromatic rings. The highest BCUT2D eigenvalue weighted by Gasteiger charge is 2.33. The molecule has 8 nitrogen and oxygen atoms in total. The van der Waals surface area contributed by atoms with Crippen LogP contribution in [0.25, 0.3) is 0 Å². The van der Waals surface area contributed by atoms with Crippen LogP contribution in [0.15, 0.2) is 28.5 Å². The zero-order valence-corrected chi connectivity index (χ0v) is 20.8. The summed E-state index contributed by atoms with van der Waals surface area (Å²) in [6, 6.07) is 4.80. The molecule has 2 saturated heterocycles. The van der Waals surface area contributed by atoms with Crippen molar-refractivity contribution in [1.29, 1.82) is 0 Å². The third-order valence-corrected chi connectivity index (χ3v) is 9.75. The first-order valence-corrected chi connectivity index (χ1v) is 13.7. The third kappa shape index (κ3) is 5.08. The number of nitrogens with zero attached hydrogens (tertiary/aromatic N) is 3. The summed E-state index contributed by atoms with van der Waals surface area (Å²) in [5.41, 5.74) is 6.63. The van der Waals surface area contributed by atoms with E-state index in [1.807, 2.05) is 6.92 Å². The van der Waals surface area contributed by atoms with E-state index >= 15 is 0 Å². The fraction of sp³-hybridized carbons (Fsp3) is 0.500. The molecule has 11 heteroatoms. The molecule has 0 radical (unpaired) electrons. The van der Waals surface area contributed by atoms with E-state index in [1.165, 1.54) is 21.7 Å². The number of halogens is 1. The molecule has 33 heavy (non-hydrogen) atoms. The Morgan fingerprint density at radius 3 is 2.58 bits per heavy atom. The number of primary amides is 1. The quantitative estimate of drug-likeness (QED) is 0.664. The lowest BCUT2D eigenvalue weighted by Crippen LogP contribution is -2.44. The van der Waals surface area contributed by atoms with Crippen molar-refractivity contribution in [2.75, 3.05) is 26.2 Å². The maximum Gasteiger partial charge on any atom is 0.273 e. The number of piperidine rings is 2. The summed E-state index contributed by atoms with van der Waals surface area (Å²) in [7, 11) is -3.61. The molecule has 2 N–H and O–H groups in total. The van der Waals surface area contributed by atoms with Crippen LogP contribution in [0.3, 0.4) is 0 Å². The second kappa shape index (κ2) is 9.69.